The minimum Gasteiger partial charge on any atom is -0.385 e. The lowest BCUT2D eigenvalue weighted by molar-refractivity contribution is 0.0595. The molecular weight excluding hydrogens is 361 g/mol. The van der Waals surface area contributed by atoms with Gasteiger partial charge < -0.3 is 15.7 Å². The van der Waals surface area contributed by atoms with Gasteiger partial charge in [-0.05, 0) is 55.5 Å². The van der Waals surface area contributed by atoms with E-state index in [0.717, 1.165) is 22.4 Å². The van der Waals surface area contributed by atoms with Gasteiger partial charge in [-0.25, -0.2) is 4.79 Å². The average Bonchev–Trinajstić information content (AvgIpc) is 2.86. The third-order valence-corrected chi connectivity index (χ3v) is 5.12. The fourth-order valence-corrected chi connectivity index (χ4v) is 3.58. The van der Waals surface area contributed by atoms with Crippen LogP contribution in [0.4, 0.5) is 10.5 Å². The highest BCUT2D eigenvalue weighted by Crippen LogP contribution is 2.45. The van der Waals surface area contributed by atoms with Crippen LogP contribution in [0, 0.1) is 6.92 Å². The van der Waals surface area contributed by atoms with Crippen LogP contribution in [0.15, 0.2) is 24.4 Å². The summed E-state index contributed by atoms with van der Waals surface area (Å²) >= 11 is 12.7. The van der Waals surface area contributed by atoms with Crippen LogP contribution >= 0.6 is 23.2 Å². The first-order valence-corrected chi connectivity index (χ1v) is 8.73. The van der Waals surface area contributed by atoms with Crippen molar-refractivity contribution in [2.45, 2.75) is 38.8 Å². The van der Waals surface area contributed by atoms with Gasteiger partial charge in [0.1, 0.15) is 0 Å². The molecule has 1 heterocycles. The second-order valence-corrected chi connectivity index (χ2v) is 7.27. The van der Waals surface area contributed by atoms with Gasteiger partial charge in [0.2, 0.25) is 0 Å². The minimum atomic E-state index is -0.944. The molecule has 25 heavy (non-hydrogen) atoms. The lowest BCUT2D eigenvalue weighted by Crippen LogP contribution is -2.29. The summed E-state index contributed by atoms with van der Waals surface area (Å²) in [5.41, 5.74) is 2.77. The molecule has 0 fully saturated rings. The normalized spacial score (nSPS) is 18.8. The number of fused-ring (bicyclic) bond motifs is 1. The molecule has 1 aliphatic rings. The number of aromatic nitrogens is 1. The average molecular weight is 380 g/mol. The molecule has 1 aliphatic carbocycles. The highest BCUT2D eigenvalue weighted by atomic mass is 35.5. The summed E-state index contributed by atoms with van der Waals surface area (Å²) in [6, 6.07) is 5.04. The lowest BCUT2D eigenvalue weighted by atomic mass is 9.98. The van der Waals surface area contributed by atoms with Crippen molar-refractivity contribution >= 4 is 34.9 Å². The largest absolute Gasteiger partial charge is 0.385 e. The molecule has 1 aromatic heterocycles. The number of amides is 2. The Bertz CT molecular complexity index is 820. The van der Waals surface area contributed by atoms with E-state index in [-0.39, 0.29) is 0 Å². The summed E-state index contributed by atoms with van der Waals surface area (Å²) in [4.78, 5) is 16.4. The number of halogens is 2. The number of benzene rings is 1. The number of nitrogens with zero attached hydrogens (tertiary/aromatic N) is 1. The molecule has 3 N–H and O–H groups in total. The summed E-state index contributed by atoms with van der Waals surface area (Å²) in [5.74, 6) is 0. The maximum atomic E-state index is 12.2. The van der Waals surface area contributed by atoms with E-state index in [9.17, 15) is 9.90 Å². The predicted molar refractivity (Wildman–Crippen MR) is 99.2 cm³/mol. The molecule has 3 rings (SSSR count). The van der Waals surface area contributed by atoms with E-state index in [0.29, 0.717) is 35.1 Å². The van der Waals surface area contributed by atoms with Crippen molar-refractivity contribution in [3.05, 3.63) is 56.8 Å². The Morgan fingerprint density at radius 1 is 1.40 bits per heavy atom. The number of anilines is 1. The van der Waals surface area contributed by atoms with Crippen molar-refractivity contribution < 1.29 is 9.90 Å². The van der Waals surface area contributed by atoms with Crippen LogP contribution in [0.2, 0.25) is 10.0 Å². The molecule has 5 nitrogen and oxygen atoms in total. The number of carbonyl (C=O) groups is 1. The van der Waals surface area contributed by atoms with Crippen molar-refractivity contribution in [1.82, 2.24) is 10.3 Å². The number of aliphatic hydroxyl groups is 1. The van der Waals surface area contributed by atoms with Crippen molar-refractivity contribution in [2.75, 3.05) is 5.32 Å². The SMILES string of the molecule is Cc1ccc(CNC(=O)Nc2c(Cl)cc3c(c2Cl)CCC3(C)O)nc1. The van der Waals surface area contributed by atoms with E-state index in [1.807, 2.05) is 19.1 Å². The zero-order valence-corrected chi connectivity index (χ0v) is 15.5. The van der Waals surface area contributed by atoms with Gasteiger partial charge in [-0.15, -0.1) is 0 Å². The zero-order valence-electron chi connectivity index (χ0n) is 14.0. The van der Waals surface area contributed by atoms with Gasteiger partial charge in [0, 0.05) is 6.20 Å². The van der Waals surface area contributed by atoms with E-state index in [1.54, 1.807) is 19.2 Å². The number of rotatable bonds is 3. The highest BCUT2D eigenvalue weighted by molar-refractivity contribution is 6.40. The van der Waals surface area contributed by atoms with Crippen molar-refractivity contribution in [1.29, 1.82) is 0 Å². The first kappa shape index (κ1) is 18.0. The van der Waals surface area contributed by atoms with Crippen molar-refractivity contribution in [3.8, 4) is 0 Å². The molecule has 0 spiro atoms. The van der Waals surface area contributed by atoms with E-state index < -0.39 is 11.6 Å². The van der Waals surface area contributed by atoms with Gasteiger partial charge >= 0.3 is 6.03 Å². The van der Waals surface area contributed by atoms with Gasteiger partial charge in [0.25, 0.3) is 0 Å². The molecule has 0 saturated heterocycles. The van der Waals surface area contributed by atoms with Crippen molar-refractivity contribution in [3.63, 3.8) is 0 Å². The molecule has 0 saturated carbocycles. The molecule has 0 aliphatic heterocycles. The topological polar surface area (TPSA) is 74.2 Å². The fraction of sp³-hybridized carbons (Fsp3) is 0.333. The maximum absolute atomic E-state index is 12.2. The lowest BCUT2D eigenvalue weighted by Gasteiger charge is -2.20. The number of urea groups is 1. The van der Waals surface area contributed by atoms with Crippen molar-refractivity contribution in [2.24, 2.45) is 0 Å². The van der Waals surface area contributed by atoms with Crippen LogP contribution in [0.5, 0.6) is 0 Å². The quantitative estimate of drug-likeness (QED) is 0.748. The Balaban J connectivity index is 1.72. The molecule has 0 radical (unpaired) electrons. The van der Waals surface area contributed by atoms with Gasteiger partial charge in [-0.3, -0.25) is 4.98 Å². The standard InChI is InChI=1S/C18H19Cl2N3O2/c1-10-3-4-11(21-8-10)9-22-17(24)23-16-14(19)7-13-12(15(16)20)5-6-18(13,2)25/h3-4,7-8,25H,5-6,9H2,1-2H3,(H2,22,23,24). The third-order valence-electron chi connectivity index (χ3n) is 4.40. The zero-order chi connectivity index (χ0) is 18.2. The maximum Gasteiger partial charge on any atom is 0.319 e. The predicted octanol–water partition coefficient (Wildman–Crippen LogP) is 4.17. The number of pyridine rings is 1. The molecule has 7 heteroatoms. The van der Waals surface area contributed by atoms with Gasteiger partial charge in [0.05, 0.1) is 33.6 Å². The van der Waals surface area contributed by atoms with Crippen LogP contribution in [0.1, 0.15) is 35.7 Å². The van der Waals surface area contributed by atoms with Crippen LogP contribution in [-0.2, 0) is 18.6 Å². The second-order valence-electron chi connectivity index (χ2n) is 6.48. The summed E-state index contributed by atoms with van der Waals surface area (Å²) < 4.78 is 0. The van der Waals surface area contributed by atoms with E-state index in [2.05, 4.69) is 15.6 Å². The molecule has 1 unspecified atom stereocenters. The molecular formula is C18H19Cl2N3O2. The Hall–Kier alpha value is -1.82. The number of nitrogens with one attached hydrogen (secondary N) is 2. The third kappa shape index (κ3) is 3.73. The van der Waals surface area contributed by atoms with Crippen LogP contribution in [-0.4, -0.2) is 16.1 Å². The Morgan fingerprint density at radius 3 is 2.84 bits per heavy atom. The molecule has 1 atom stereocenters. The van der Waals surface area contributed by atoms with E-state index >= 15 is 0 Å². The Labute approximate surface area is 156 Å². The van der Waals surface area contributed by atoms with Gasteiger partial charge in [-0.2, -0.15) is 0 Å². The minimum absolute atomic E-state index is 0.293. The summed E-state index contributed by atoms with van der Waals surface area (Å²) in [6.45, 7) is 3.98. The summed E-state index contributed by atoms with van der Waals surface area (Å²) in [6.07, 6.45) is 2.96. The summed E-state index contributed by atoms with van der Waals surface area (Å²) in [5, 5.41) is 16.5. The summed E-state index contributed by atoms with van der Waals surface area (Å²) in [7, 11) is 0. The number of aryl methyl sites for hydroxylation is 1. The van der Waals surface area contributed by atoms with E-state index in [1.165, 1.54) is 0 Å². The molecule has 2 amide bonds. The molecule has 0 bridgehead atoms. The van der Waals surface area contributed by atoms with E-state index in [4.69, 9.17) is 23.2 Å². The van der Waals surface area contributed by atoms with Crippen LogP contribution < -0.4 is 10.6 Å². The van der Waals surface area contributed by atoms with Gasteiger partial charge in [0.15, 0.2) is 0 Å². The first-order chi connectivity index (χ1) is 11.8. The number of carbonyl (C=O) groups excluding carboxylic acids is 1. The number of hydrogen-bond donors (Lipinski definition) is 3. The molecule has 132 valence electrons. The first-order valence-electron chi connectivity index (χ1n) is 7.98. The molecule has 2 aromatic rings. The fourth-order valence-electron chi connectivity index (χ4n) is 2.93. The monoisotopic (exact) mass is 379 g/mol. The van der Waals surface area contributed by atoms with Crippen LogP contribution in [0.3, 0.4) is 0 Å². The Morgan fingerprint density at radius 2 is 2.16 bits per heavy atom. The smallest absolute Gasteiger partial charge is 0.319 e. The van der Waals surface area contributed by atoms with Gasteiger partial charge in [-0.1, -0.05) is 29.3 Å². The van der Waals surface area contributed by atoms with Crippen LogP contribution in [0.25, 0.3) is 0 Å². The number of hydrogen-bond acceptors (Lipinski definition) is 3. The Kier molecular flexibility index (Phi) is 4.91. The second kappa shape index (κ2) is 6.83. The highest BCUT2D eigenvalue weighted by Gasteiger charge is 2.35. The molecule has 1 aromatic carbocycles.